The molecule has 198 valence electrons. The predicted octanol–water partition coefficient (Wildman–Crippen LogP) is 6.96. The molecule has 0 saturated heterocycles. The van der Waals surface area contributed by atoms with Gasteiger partial charge in [-0.15, -0.1) is 0 Å². The van der Waals surface area contributed by atoms with E-state index in [1.165, 1.54) is 0 Å². The minimum atomic E-state index is -4.56. The molecule has 2 aromatic carbocycles. The maximum atomic E-state index is 12.9. The summed E-state index contributed by atoms with van der Waals surface area (Å²) in [7, 11) is 1.80. The van der Waals surface area contributed by atoms with Crippen LogP contribution in [0.3, 0.4) is 0 Å². The lowest BCUT2D eigenvalue weighted by Crippen LogP contribution is -2.46. The number of halogens is 4. The molecule has 6 nitrogen and oxygen atoms in total. The zero-order valence-corrected chi connectivity index (χ0v) is 21.6. The van der Waals surface area contributed by atoms with Gasteiger partial charge in [0.1, 0.15) is 12.1 Å². The molecule has 1 heterocycles. The predicted molar refractivity (Wildman–Crippen MR) is 142 cm³/mol. The van der Waals surface area contributed by atoms with Gasteiger partial charge in [0.05, 0.1) is 16.7 Å². The SMILES string of the molecule is CC.CNc1ccc(C2(C(=O)Nc3cc(C(F)(F)F)cnc3N)CCC2)cc1.O=Cc1cccc(Cl)c1. The third kappa shape index (κ3) is 7.45. The summed E-state index contributed by atoms with van der Waals surface area (Å²) in [6, 6.07) is 15.1. The Morgan fingerprint density at radius 3 is 2.22 bits per heavy atom. The minimum absolute atomic E-state index is 0.122. The summed E-state index contributed by atoms with van der Waals surface area (Å²) in [6.45, 7) is 4.00. The van der Waals surface area contributed by atoms with E-state index >= 15 is 0 Å². The van der Waals surface area contributed by atoms with E-state index in [-0.39, 0.29) is 17.4 Å². The van der Waals surface area contributed by atoms with Crippen LogP contribution in [0.25, 0.3) is 0 Å². The number of rotatable bonds is 5. The van der Waals surface area contributed by atoms with E-state index in [4.69, 9.17) is 17.3 Å². The smallest absolute Gasteiger partial charge is 0.388 e. The van der Waals surface area contributed by atoms with Gasteiger partial charge in [-0.1, -0.05) is 56.1 Å². The molecule has 3 aromatic rings. The van der Waals surface area contributed by atoms with Gasteiger partial charge in [0.25, 0.3) is 0 Å². The van der Waals surface area contributed by atoms with Crippen molar-refractivity contribution in [1.82, 2.24) is 4.98 Å². The Morgan fingerprint density at radius 2 is 1.76 bits per heavy atom. The summed E-state index contributed by atoms with van der Waals surface area (Å²) in [5.74, 6) is -0.514. The Labute approximate surface area is 219 Å². The van der Waals surface area contributed by atoms with Crippen LogP contribution < -0.4 is 16.4 Å². The Hall–Kier alpha value is -3.59. The Balaban J connectivity index is 0.000000367. The van der Waals surface area contributed by atoms with Crippen LogP contribution >= 0.6 is 11.6 Å². The molecule has 10 heteroatoms. The van der Waals surface area contributed by atoms with Crippen molar-refractivity contribution in [2.24, 2.45) is 0 Å². The molecule has 4 N–H and O–H groups in total. The number of hydrogen-bond acceptors (Lipinski definition) is 5. The second kappa shape index (κ2) is 13.1. The van der Waals surface area contributed by atoms with E-state index in [1.807, 2.05) is 38.1 Å². The quantitative estimate of drug-likeness (QED) is 0.307. The van der Waals surface area contributed by atoms with E-state index in [0.29, 0.717) is 29.6 Å². The van der Waals surface area contributed by atoms with Crippen molar-refractivity contribution in [1.29, 1.82) is 0 Å². The monoisotopic (exact) mass is 534 g/mol. The lowest BCUT2D eigenvalue weighted by Gasteiger charge is -2.40. The summed E-state index contributed by atoms with van der Waals surface area (Å²) >= 11 is 5.56. The highest BCUT2D eigenvalue weighted by Gasteiger charge is 2.46. The van der Waals surface area contributed by atoms with Crippen molar-refractivity contribution < 1.29 is 22.8 Å². The molecule has 1 aromatic heterocycles. The van der Waals surface area contributed by atoms with E-state index in [2.05, 4.69) is 15.6 Å². The molecule has 1 amide bonds. The van der Waals surface area contributed by atoms with Crippen molar-refractivity contribution in [2.75, 3.05) is 23.4 Å². The molecule has 1 aliphatic carbocycles. The van der Waals surface area contributed by atoms with E-state index in [1.54, 1.807) is 31.3 Å². The number of hydrogen-bond donors (Lipinski definition) is 3. The molecule has 0 unspecified atom stereocenters. The van der Waals surface area contributed by atoms with Gasteiger partial charge < -0.3 is 16.4 Å². The number of nitrogens with zero attached hydrogens (tertiary/aromatic N) is 1. The number of alkyl halides is 3. The number of carbonyl (C=O) groups excluding carboxylic acids is 2. The summed E-state index contributed by atoms with van der Waals surface area (Å²) in [5, 5.41) is 6.15. The van der Waals surface area contributed by atoms with Crippen LogP contribution in [0.2, 0.25) is 5.02 Å². The van der Waals surface area contributed by atoms with Crippen molar-refractivity contribution >= 4 is 41.0 Å². The van der Waals surface area contributed by atoms with Crippen LogP contribution in [-0.4, -0.2) is 24.2 Å². The normalized spacial score (nSPS) is 13.5. The van der Waals surface area contributed by atoms with Crippen LogP contribution in [0.1, 0.15) is 54.6 Å². The second-order valence-corrected chi connectivity index (χ2v) is 8.48. The first kappa shape index (κ1) is 29.6. The van der Waals surface area contributed by atoms with E-state index in [0.717, 1.165) is 30.0 Å². The fraction of sp³-hybridized carbons (Fsp3) is 0.296. The number of aromatic nitrogens is 1. The number of nitrogen functional groups attached to an aromatic ring is 1. The van der Waals surface area contributed by atoms with Gasteiger partial charge in [0.2, 0.25) is 5.91 Å². The van der Waals surface area contributed by atoms with E-state index < -0.39 is 17.2 Å². The molecule has 0 spiro atoms. The average molecular weight is 535 g/mol. The standard InChI is InChI=1S/C18H19F3N4O.C7H5ClO.C2H6/c1-23-13-5-3-11(4-6-13)17(7-2-8-17)16(26)25-14-9-12(18(19,20)21)10-24-15(14)22;8-7-3-1-2-6(4-7)5-9;1-2/h3-6,9-10,23H,2,7-8H2,1H3,(H2,22,24)(H,25,26);1-5H;1-2H3. The van der Waals surface area contributed by atoms with Crippen molar-refractivity contribution in [2.45, 2.75) is 44.7 Å². The average Bonchev–Trinajstić information content (AvgIpc) is 2.86. The zero-order valence-electron chi connectivity index (χ0n) is 20.8. The topological polar surface area (TPSA) is 97.1 Å². The molecule has 0 bridgehead atoms. The Bertz CT molecular complexity index is 1200. The first-order valence-corrected chi connectivity index (χ1v) is 12.1. The third-order valence-electron chi connectivity index (χ3n) is 5.85. The van der Waals surface area contributed by atoms with Gasteiger partial charge in [-0.3, -0.25) is 9.59 Å². The number of pyridine rings is 1. The van der Waals surface area contributed by atoms with E-state index in [9.17, 15) is 22.8 Å². The number of anilines is 3. The molecule has 1 saturated carbocycles. The summed E-state index contributed by atoms with van der Waals surface area (Å²) in [5.41, 5.74) is 6.18. The summed E-state index contributed by atoms with van der Waals surface area (Å²) in [6.07, 6.45) is -1.00. The van der Waals surface area contributed by atoms with Gasteiger partial charge in [0.15, 0.2) is 0 Å². The van der Waals surface area contributed by atoms with Crippen LogP contribution in [0.4, 0.5) is 30.4 Å². The molecule has 0 aliphatic heterocycles. The molecule has 1 fully saturated rings. The largest absolute Gasteiger partial charge is 0.417 e. The molecular weight excluding hydrogens is 505 g/mol. The van der Waals surface area contributed by atoms with Crippen LogP contribution in [-0.2, 0) is 16.4 Å². The van der Waals surface area contributed by atoms with Crippen molar-refractivity contribution in [3.05, 3.63) is 82.5 Å². The number of amides is 1. The lowest BCUT2D eigenvalue weighted by molar-refractivity contribution is -0.137. The van der Waals surface area contributed by atoms with Crippen molar-refractivity contribution in [3.8, 4) is 0 Å². The Morgan fingerprint density at radius 1 is 1.11 bits per heavy atom. The summed E-state index contributed by atoms with van der Waals surface area (Å²) in [4.78, 5) is 26.5. The van der Waals surface area contributed by atoms with Gasteiger partial charge in [-0.2, -0.15) is 13.2 Å². The van der Waals surface area contributed by atoms with Crippen molar-refractivity contribution in [3.63, 3.8) is 0 Å². The van der Waals surface area contributed by atoms with Crippen LogP contribution in [0.15, 0.2) is 60.8 Å². The fourth-order valence-corrected chi connectivity index (χ4v) is 3.88. The molecule has 0 radical (unpaired) electrons. The number of benzene rings is 2. The maximum Gasteiger partial charge on any atom is 0.417 e. The van der Waals surface area contributed by atoms with Crippen LogP contribution in [0.5, 0.6) is 0 Å². The highest BCUT2D eigenvalue weighted by Crippen LogP contribution is 2.45. The first-order chi connectivity index (χ1) is 17.6. The molecule has 4 rings (SSSR count). The highest BCUT2D eigenvalue weighted by atomic mass is 35.5. The number of nitrogens with two attached hydrogens (primary N) is 1. The number of aldehydes is 1. The van der Waals surface area contributed by atoms with Gasteiger partial charge >= 0.3 is 6.18 Å². The second-order valence-electron chi connectivity index (χ2n) is 8.04. The number of carbonyl (C=O) groups is 2. The Kier molecular flexibility index (Phi) is 10.5. The molecule has 1 aliphatic rings. The first-order valence-electron chi connectivity index (χ1n) is 11.7. The minimum Gasteiger partial charge on any atom is -0.388 e. The molecule has 37 heavy (non-hydrogen) atoms. The number of nitrogens with one attached hydrogen (secondary N) is 2. The maximum absolute atomic E-state index is 12.9. The summed E-state index contributed by atoms with van der Waals surface area (Å²) < 4.78 is 38.7. The van der Waals surface area contributed by atoms with Crippen LogP contribution in [0, 0.1) is 0 Å². The zero-order chi connectivity index (χ0) is 27.6. The lowest BCUT2D eigenvalue weighted by atomic mass is 9.63. The fourth-order valence-electron chi connectivity index (χ4n) is 3.69. The third-order valence-corrected chi connectivity index (χ3v) is 6.08. The van der Waals surface area contributed by atoms with Gasteiger partial charge in [-0.25, -0.2) is 4.98 Å². The van der Waals surface area contributed by atoms with Gasteiger partial charge in [-0.05, 0) is 48.7 Å². The molecule has 0 atom stereocenters. The van der Waals surface area contributed by atoms with Gasteiger partial charge in [0, 0.05) is 29.5 Å². The molecular formula is C27H30ClF3N4O2. The highest BCUT2D eigenvalue weighted by molar-refractivity contribution is 6.30.